The number of H-pyrrole nitrogens is 3. The number of aryl methyl sites for hydroxylation is 3. The van der Waals surface area contributed by atoms with Crippen LogP contribution in [0.15, 0.2) is 73.2 Å². The Balaban J connectivity index is 0.000000201. The molecule has 0 radical (unpaired) electrons. The topological polar surface area (TPSA) is 160 Å². The van der Waals surface area contributed by atoms with Gasteiger partial charge in [-0.15, -0.1) is 0 Å². The molecule has 6 rings (SSSR count). The number of nitrogens with zero attached hydrogens (tertiary/aromatic N) is 2. The number of nitrogens with two attached hydrogens (primary N) is 1. The van der Waals surface area contributed by atoms with Gasteiger partial charge in [-0.3, -0.25) is 20.2 Å². The molecular weight excluding hydrogens is 591 g/mol. The number of hydrogen-bond acceptors (Lipinski definition) is 5. The van der Waals surface area contributed by atoms with Crippen LogP contribution in [0.1, 0.15) is 16.7 Å². The minimum Gasteiger partial charge on any atom is -0.399 e. The molecular formula is C28H29N6O4Pd-. The van der Waals surface area contributed by atoms with Crippen LogP contribution in [0.5, 0.6) is 0 Å². The summed E-state index contributed by atoms with van der Waals surface area (Å²) in [5.41, 5.74) is 12.7. The van der Waals surface area contributed by atoms with Crippen LogP contribution in [0.25, 0.3) is 32.7 Å². The van der Waals surface area contributed by atoms with E-state index in [4.69, 9.17) is 5.73 Å². The zero-order valence-corrected chi connectivity index (χ0v) is 23.4. The monoisotopic (exact) mass is 619 g/mol. The van der Waals surface area contributed by atoms with E-state index >= 15 is 0 Å². The van der Waals surface area contributed by atoms with Gasteiger partial charge in [0.2, 0.25) is 0 Å². The van der Waals surface area contributed by atoms with Crippen molar-refractivity contribution in [1.82, 2.24) is 15.0 Å². The number of aromatic amines is 3. The van der Waals surface area contributed by atoms with Crippen LogP contribution in [-0.2, 0) is 20.4 Å². The Morgan fingerprint density at radius 2 is 1.23 bits per heavy atom. The summed E-state index contributed by atoms with van der Waals surface area (Å²) >= 11 is 0. The zero-order chi connectivity index (χ0) is 26.7. The molecule has 0 saturated heterocycles. The van der Waals surface area contributed by atoms with E-state index in [1.54, 1.807) is 24.4 Å². The Morgan fingerprint density at radius 1 is 0.692 bits per heavy atom. The fourth-order valence-electron chi connectivity index (χ4n) is 4.15. The van der Waals surface area contributed by atoms with Crippen molar-refractivity contribution in [3.63, 3.8) is 0 Å². The van der Waals surface area contributed by atoms with Crippen molar-refractivity contribution < 1.29 is 30.3 Å². The molecule has 0 spiro atoms. The van der Waals surface area contributed by atoms with Crippen molar-refractivity contribution in [3.05, 3.63) is 118 Å². The number of fused-ring (bicyclic) bond motifs is 3. The molecule has 0 aliphatic rings. The van der Waals surface area contributed by atoms with Crippen LogP contribution in [0.2, 0.25) is 0 Å². The first-order valence-corrected chi connectivity index (χ1v) is 11.4. The van der Waals surface area contributed by atoms with Gasteiger partial charge in [0.25, 0.3) is 11.4 Å². The third kappa shape index (κ3) is 6.71. The molecule has 3 aromatic carbocycles. The number of aromatic nitrogens is 3. The summed E-state index contributed by atoms with van der Waals surface area (Å²) in [6, 6.07) is 15.8. The van der Waals surface area contributed by atoms with Crippen LogP contribution in [0.4, 0.5) is 17.1 Å². The molecule has 0 aliphatic heterocycles. The number of hydrogen-bond donors (Lipinski definition) is 4. The van der Waals surface area contributed by atoms with Crippen LogP contribution >= 0.6 is 0 Å². The largest absolute Gasteiger partial charge is 0.399 e. The van der Waals surface area contributed by atoms with Gasteiger partial charge < -0.3 is 28.1 Å². The van der Waals surface area contributed by atoms with Gasteiger partial charge in [-0.1, -0.05) is 12.1 Å². The van der Waals surface area contributed by atoms with Crippen LogP contribution in [0, 0.1) is 48.4 Å². The normalized spacial score (nSPS) is 10.0. The minimum atomic E-state index is -0.393. The summed E-state index contributed by atoms with van der Waals surface area (Å²) in [4.78, 5) is 29.5. The van der Waals surface area contributed by atoms with Crippen molar-refractivity contribution in [2.24, 2.45) is 0 Å². The number of benzene rings is 3. The summed E-state index contributed by atoms with van der Waals surface area (Å²) in [6.45, 7) is 5.89. The van der Waals surface area contributed by atoms with Gasteiger partial charge >= 0.3 is 0 Å². The predicted molar refractivity (Wildman–Crippen MR) is 153 cm³/mol. The van der Waals surface area contributed by atoms with Crippen LogP contribution in [-0.4, -0.2) is 24.8 Å². The molecule has 3 heterocycles. The summed E-state index contributed by atoms with van der Waals surface area (Å²) < 4.78 is 0. The summed E-state index contributed by atoms with van der Waals surface area (Å²) in [6.07, 6.45) is 5.61. The second-order valence-electron chi connectivity index (χ2n) is 8.66. The SMILES string of the molecule is Cc1c[nH]c2cc(N)ccc12.Cc1c[nH]c2cc([N+](=O)[O-])ccc12.Cc1c[nH]c2cccc([N+](=O)[O-])c12.[CH3-].[Pd]. The molecule has 0 aliphatic carbocycles. The van der Waals surface area contributed by atoms with Gasteiger partial charge in [0.15, 0.2) is 0 Å². The van der Waals surface area contributed by atoms with Gasteiger partial charge in [-0.05, 0) is 61.7 Å². The van der Waals surface area contributed by atoms with E-state index in [9.17, 15) is 20.2 Å². The quantitative estimate of drug-likeness (QED) is 0.0526. The average Bonchev–Trinajstić information content (AvgIpc) is 3.56. The standard InChI is InChI=1S/2C9H8N2O2.C9H10N2.CH3.Pd/c1-6-5-10-9-4-7(11(12)13)2-3-8(6)9;1-6-5-10-7-3-2-4-8(9(6)7)11(12)13;1-6-5-11-9-4-7(10)2-3-8(6)9;;/h2*2-5,10H,1H3;2-5,11H,10H2,1H3;1H3;/q;;;-1;. The third-order valence-corrected chi connectivity index (χ3v) is 6.07. The number of nitrogen functional groups attached to an aromatic ring is 1. The molecule has 0 fully saturated rings. The minimum absolute atomic E-state index is 0. The first-order chi connectivity index (χ1) is 17.7. The number of non-ortho nitro benzene ring substituents is 2. The van der Waals surface area contributed by atoms with E-state index in [-0.39, 0.29) is 44.1 Å². The maximum absolute atomic E-state index is 10.7. The van der Waals surface area contributed by atoms with E-state index < -0.39 is 4.92 Å². The van der Waals surface area contributed by atoms with E-state index in [0.29, 0.717) is 5.39 Å². The van der Waals surface area contributed by atoms with E-state index in [1.807, 2.05) is 50.5 Å². The molecule has 0 saturated carbocycles. The summed E-state index contributed by atoms with van der Waals surface area (Å²) in [5, 5.41) is 24.1. The van der Waals surface area contributed by atoms with Crippen LogP contribution in [0.3, 0.4) is 0 Å². The molecule has 10 nitrogen and oxygen atoms in total. The molecule has 0 unspecified atom stereocenters. The molecule has 206 valence electrons. The second kappa shape index (κ2) is 12.9. The van der Waals surface area contributed by atoms with Crippen molar-refractivity contribution in [2.45, 2.75) is 20.8 Å². The number of anilines is 1. The Hall–Kier alpha value is -4.46. The molecule has 3 aromatic heterocycles. The molecule has 5 N–H and O–H groups in total. The number of rotatable bonds is 2. The fourth-order valence-corrected chi connectivity index (χ4v) is 4.15. The van der Waals surface area contributed by atoms with Crippen molar-refractivity contribution in [2.75, 3.05) is 5.73 Å². The Kier molecular flexibility index (Phi) is 10.1. The van der Waals surface area contributed by atoms with Crippen molar-refractivity contribution in [3.8, 4) is 0 Å². The first kappa shape index (κ1) is 30.8. The Labute approximate surface area is 238 Å². The molecule has 0 bridgehead atoms. The molecule has 39 heavy (non-hydrogen) atoms. The summed E-state index contributed by atoms with van der Waals surface area (Å²) in [5.74, 6) is 0. The average molecular weight is 620 g/mol. The van der Waals surface area contributed by atoms with Crippen molar-refractivity contribution in [1.29, 1.82) is 0 Å². The van der Waals surface area contributed by atoms with Gasteiger partial charge in [0, 0.05) is 79.2 Å². The van der Waals surface area contributed by atoms with Gasteiger partial charge in [0.05, 0.1) is 26.3 Å². The number of nitro benzene ring substituents is 2. The molecule has 11 heteroatoms. The van der Waals surface area contributed by atoms with Crippen molar-refractivity contribution >= 4 is 49.8 Å². The number of nitro groups is 2. The number of nitrogens with one attached hydrogen (secondary N) is 3. The molecule has 0 amide bonds. The van der Waals surface area contributed by atoms with Gasteiger partial charge in [-0.2, -0.15) is 0 Å². The maximum atomic E-state index is 10.7. The van der Waals surface area contributed by atoms with E-state index in [1.165, 1.54) is 23.1 Å². The molecule has 0 atom stereocenters. The first-order valence-electron chi connectivity index (χ1n) is 11.4. The Morgan fingerprint density at radius 3 is 1.82 bits per heavy atom. The predicted octanol–water partition coefficient (Wildman–Crippen LogP) is 7.28. The van der Waals surface area contributed by atoms with E-state index in [0.717, 1.165) is 38.8 Å². The van der Waals surface area contributed by atoms with Gasteiger partial charge in [0.1, 0.15) is 0 Å². The third-order valence-electron chi connectivity index (χ3n) is 6.07. The van der Waals surface area contributed by atoms with E-state index in [2.05, 4.69) is 21.9 Å². The smallest absolute Gasteiger partial charge is 0.279 e. The van der Waals surface area contributed by atoms with Gasteiger partial charge in [-0.25, -0.2) is 0 Å². The second-order valence-corrected chi connectivity index (χ2v) is 8.66. The van der Waals surface area contributed by atoms with Crippen LogP contribution < -0.4 is 5.73 Å². The summed E-state index contributed by atoms with van der Waals surface area (Å²) in [7, 11) is 0. The molecule has 6 aromatic rings. The fraction of sp³-hybridized carbons (Fsp3) is 0.107. The Bertz CT molecular complexity index is 1750. The zero-order valence-electron chi connectivity index (χ0n) is 21.8. The maximum Gasteiger partial charge on any atom is 0.279 e.